The first kappa shape index (κ1) is 21.1. The van der Waals surface area contributed by atoms with Crippen molar-refractivity contribution in [3.8, 4) is 0 Å². The molecule has 1 heterocycles. The van der Waals surface area contributed by atoms with Crippen LogP contribution in [0.2, 0.25) is 0 Å². The van der Waals surface area contributed by atoms with E-state index in [0.29, 0.717) is 12.1 Å². The molecular weight excluding hydrogens is 464 g/mol. The van der Waals surface area contributed by atoms with Crippen LogP contribution in [0.15, 0.2) is 53.4 Å². The lowest BCUT2D eigenvalue weighted by molar-refractivity contribution is 0.349. The number of benzene rings is 2. The van der Waals surface area contributed by atoms with E-state index in [4.69, 9.17) is 0 Å². The predicted molar refractivity (Wildman–Crippen MR) is 119 cm³/mol. The van der Waals surface area contributed by atoms with Crippen molar-refractivity contribution in [2.45, 2.75) is 56.5 Å². The Bertz CT molecular complexity index is 629. The second-order valence-corrected chi connectivity index (χ2v) is 8.61. The molecule has 2 aromatic carbocycles. The molecule has 3 rings (SSSR count). The fourth-order valence-corrected chi connectivity index (χ4v) is 5.72. The molecule has 2 atom stereocenters. The summed E-state index contributed by atoms with van der Waals surface area (Å²) in [6, 6.07) is 16.1. The Hall–Kier alpha value is -0.240. The Kier molecular flexibility index (Phi) is 9.10. The van der Waals surface area contributed by atoms with Gasteiger partial charge < -0.3 is 0 Å². The highest BCUT2D eigenvalue weighted by Crippen LogP contribution is 2.44. The molecule has 25 heavy (non-hydrogen) atoms. The van der Waals surface area contributed by atoms with Crippen molar-refractivity contribution in [3.05, 3.63) is 65.5 Å². The molecule has 136 valence electrons. The zero-order valence-electron chi connectivity index (χ0n) is 14.7. The standard InChI is InChI=1S/C13H17FINS.C7H8S/c1-2-4-12-7-8-13(16(12)17-15)10-5-3-6-11(14)9-10;1-6-2-4-7(8)5-3-6/h3,5-6,9,12-13H,2,4,7-8H2,1H3;2-5,8H,1H3. The number of halogens is 2. The third kappa shape index (κ3) is 6.45. The molecule has 0 radical (unpaired) electrons. The first-order valence-electron chi connectivity index (χ1n) is 8.63. The first-order chi connectivity index (χ1) is 12.0. The molecule has 1 fully saturated rings. The minimum Gasteiger partial charge on any atom is -0.231 e. The number of hydrogen-bond acceptors (Lipinski definition) is 3. The van der Waals surface area contributed by atoms with Crippen molar-refractivity contribution in [1.82, 2.24) is 4.31 Å². The van der Waals surface area contributed by atoms with Crippen molar-refractivity contribution >= 4 is 43.0 Å². The minimum atomic E-state index is -0.125. The molecule has 2 aromatic rings. The predicted octanol–water partition coefficient (Wildman–Crippen LogP) is 7.41. The quantitative estimate of drug-likeness (QED) is 0.271. The molecule has 1 aliphatic heterocycles. The molecule has 0 aliphatic carbocycles. The van der Waals surface area contributed by atoms with Crippen LogP contribution in [-0.2, 0) is 0 Å². The molecule has 1 aliphatic rings. The van der Waals surface area contributed by atoms with E-state index in [1.807, 2.05) is 36.4 Å². The molecule has 0 N–H and O–H groups in total. The topological polar surface area (TPSA) is 3.24 Å². The molecule has 1 nitrogen and oxygen atoms in total. The van der Waals surface area contributed by atoms with Crippen LogP contribution in [0.3, 0.4) is 0 Å². The van der Waals surface area contributed by atoms with E-state index in [-0.39, 0.29) is 5.82 Å². The van der Waals surface area contributed by atoms with E-state index < -0.39 is 0 Å². The van der Waals surface area contributed by atoms with Gasteiger partial charge in [-0.15, -0.1) is 12.6 Å². The number of hydrogen-bond donors (Lipinski definition) is 1. The van der Waals surface area contributed by atoms with Gasteiger partial charge in [-0.25, -0.2) is 8.70 Å². The van der Waals surface area contributed by atoms with Crippen molar-refractivity contribution in [2.24, 2.45) is 0 Å². The number of aryl methyl sites for hydroxylation is 1. The molecule has 0 aromatic heterocycles. The highest BCUT2D eigenvalue weighted by atomic mass is 127. The third-order valence-corrected chi connectivity index (χ3v) is 6.78. The van der Waals surface area contributed by atoms with E-state index in [9.17, 15) is 4.39 Å². The van der Waals surface area contributed by atoms with Gasteiger partial charge in [-0.2, -0.15) is 0 Å². The average molecular weight is 489 g/mol. The van der Waals surface area contributed by atoms with Gasteiger partial charge in [-0.1, -0.05) is 43.2 Å². The Morgan fingerprint density at radius 3 is 2.48 bits per heavy atom. The van der Waals surface area contributed by atoms with E-state index in [1.165, 1.54) is 30.9 Å². The van der Waals surface area contributed by atoms with Crippen LogP contribution in [0.5, 0.6) is 0 Å². The Morgan fingerprint density at radius 2 is 1.92 bits per heavy atom. The van der Waals surface area contributed by atoms with Crippen LogP contribution < -0.4 is 0 Å². The fourth-order valence-electron chi connectivity index (χ4n) is 3.14. The molecule has 0 saturated carbocycles. The number of rotatable bonds is 4. The second-order valence-electron chi connectivity index (χ2n) is 6.36. The summed E-state index contributed by atoms with van der Waals surface area (Å²) in [6.07, 6.45) is 4.82. The highest BCUT2D eigenvalue weighted by Gasteiger charge is 2.33. The van der Waals surface area contributed by atoms with Crippen LogP contribution in [0.1, 0.15) is 49.8 Å². The Labute approximate surface area is 172 Å². The zero-order chi connectivity index (χ0) is 18.2. The van der Waals surface area contributed by atoms with Crippen LogP contribution >= 0.6 is 43.0 Å². The minimum absolute atomic E-state index is 0.125. The maximum absolute atomic E-state index is 13.3. The van der Waals surface area contributed by atoms with Crippen molar-refractivity contribution in [3.63, 3.8) is 0 Å². The summed E-state index contributed by atoms with van der Waals surface area (Å²) in [4.78, 5) is 1.02. The molecule has 5 heteroatoms. The lowest BCUT2D eigenvalue weighted by atomic mass is 10.1. The highest BCUT2D eigenvalue weighted by molar-refractivity contribution is 14.2. The SMILES string of the molecule is CCCC1CCC(c2cccc(F)c2)N1SI.Cc1ccc(S)cc1. The molecule has 0 amide bonds. The Balaban J connectivity index is 0.000000236. The molecule has 2 unspecified atom stereocenters. The van der Waals surface area contributed by atoms with Crippen molar-refractivity contribution in [1.29, 1.82) is 0 Å². The van der Waals surface area contributed by atoms with Gasteiger partial charge in [0.25, 0.3) is 0 Å². The number of thiol groups is 1. The van der Waals surface area contributed by atoms with Crippen molar-refractivity contribution < 1.29 is 4.39 Å². The maximum Gasteiger partial charge on any atom is 0.123 e. The summed E-state index contributed by atoms with van der Waals surface area (Å²) in [5, 5.41) is 0. The molecule has 0 spiro atoms. The average Bonchev–Trinajstić information content (AvgIpc) is 3.01. The van der Waals surface area contributed by atoms with Crippen LogP contribution in [0, 0.1) is 12.7 Å². The molecule has 0 bridgehead atoms. The molecule has 1 saturated heterocycles. The first-order valence-corrected chi connectivity index (χ1v) is 12.4. The van der Waals surface area contributed by atoms with E-state index in [2.05, 4.69) is 52.0 Å². The lowest BCUT2D eigenvalue weighted by Gasteiger charge is -2.26. The summed E-state index contributed by atoms with van der Waals surface area (Å²) in [5.41, 5.74) is 2.40. The van der Waals surface area contributed by atoms with Gasteiger partial charge in [0, 0.05) is 38.2 Å². The maximum atomic E-state index is 13.3. The van der Waals surface area contributed by atoms with Crippen molar-refractivity contribution in [2.75, 3.05) is 0 Å². The van der Waals surface area contributed by atoms with Crippen LogP contribution in [0.4, 0.5) is 4.39 Å². The summed E-state index contributed by atoms with van der Waals surface area (Å²) >= 11 is 6.48. The summed E-state index contributed by atoms with van der Waals surface area (Å²) in [5.74, 6) is -0.125. The van der Waals surface area contributed by atoms with E-state index >= 15 is 0 Å². The zero-order valence-corrected chi connectivity index (χ0v) is 18.5. The van der Waals surface area contributed by atoms with Crippen LogP contribution in [-0.4, -0.2) is 10.3 Å². The van der Waals surface area contributed by atoms with Gasteiger partial charge in [0.05, 0.1) is 0 Å². The largest absolute Gasteiger partial charge is 0.231 e. The summed E-state index contributed by atoms with van der Waals surface area (Å²) in [7, 11) is 1.77. The van der Waals surface area contributed by atoms with Gasteiger partial charge in [-0.3, -0.25) is 0 Å². The van der Waals surface area contributed by atoms with Gasteiger partial charge in [0.15, 0.2) is 0 Å². The van der Waals surface area contributed by atoms with E-state index in [1.54, 1.807) is 15.2 Å². The Morgan fingerprint density at radius 1 is 1.20 bits per heavy atom. The van der Waals surface area contributed by atoms with E-state index in [0.717, 1.165) is 16.9 Å². The van der Waals surface area contributed by atoms with Gasteiger partial charge in [-0.05, 0) is 65.1 Å². The van der Waals surface area contributed by atoms with Gasteiger partial charge >= 0.3 is 0 Å². The second kappa shape index (κ2) is 10.8. The summed E-state index contributed by atoms with van der Waals surface area (Å²) < 4.78 is 15.7. The monoisotopic (exact) mass is 489 g/mol. The number of nitrogens with zero attached hydrogens (tertiary/aromatic N) is 1. The lowest BCUT2D eigenvalue weighted by Crippen LogP contribution is -2.23. The molecular formula is C20H25FINS2. The van der Waals surface area contributed by atoms with Gasteiger partial charge in [0.2, 0.25) is 0 Å². The van der Waals surface area contributed by atoms with Crippen LogP contribution in [0.25, 0.3) is 0 Å². The smallest absolute Gasteiger partial charge is 0.123 e. The fraction of sp³-hybridized carbons (Fsp3) is 0.400. The summed E-state index contributed by atoms with van der Waals surface area (Å²) in [6.45, 7) is 4.29. The van der Waals surface area contributed by atoms with Gasteiger partial charge in [0.1, 0.15) is 5.82 Å². The normalized spacial score (nSPS) is 20.2. The third-order valence-electron chi connectivity index (χ3n) is 4.41.